The van der Waals surface area contributed by atoms with E-state index in [1.54, 1.807) is 0 Å². The highest BCUT2D eigenvalue weighted by atomic mass is 16.7. The van der Waals surface area contributed by atoms with Crippen molar-refractivity contribution < 1.29 is 14.0 Å². The first kappa shape index (κ1) is 19.2. The highest BCUT2D eigenvalue weighted by Crippen LogP contribution is 2.00. The van der Waals surface area contributed by atoms with Crippen LogP contribution < -0.4 is 6.15 Å². The standard InChI is InChI=1S/C12H27BO3.H3N/c1-4-7-10-14-13(15-11-8-5-2)16-12-9-6-3;/h4-12H2,1-3H3;1H3. The molecule has 0 radical (unpaired) electrons. The second-order valence-electron chi connectivity index (χ2n) is 3.96. The van der Waals surface area contributed by atoms with Crippen LogP contribution in [-0.4, -0.2) is 27.1 Å². The Morgan fingerprint density at radius 3 is 1.18 bits per heavy atom. The van der Waals surface area contributed by atoms with Gasteiger partial charge in [-0.3, -0.25) is 0 Å². The van der Waals surface area contributed by atoms with E-state index < -0.39 is 7.32 Å². The Hall–Kier alpha value is -0.0951. The van der Waals surface area contributed by atoms with Gasteiger partial charge in [0, 0.05) is 19.8 Å². The van der Waals surface area contributed by atoms with E-state index in [0.717, 1.165) is 58.3 Å². The SMILES string of the molecule is CCCCOB(OCCCC)OCCCC.N. The van der Waals surface area contributed by atoms with Gasteiger partial charge in [0.15, 0.2) is 0 Å². The smallest absolute Gasteiger partial charge is 0.386 e. The minimum absolute atomic E-state index is 0. The Bertz CT molecular complexity index is 115. The zero-order valence-corrected chi connectivity index (χ0v) is 11.9. The van der Waals surface area contributed by atoms with Crippen molar-refractivity contribution in [3.05, 3.63) is 0 Å². The van der Waals surface area contributed by atoms with E-state index in [0.29, 0.717) is 0 Å². The molecule has 0 heterocycles. The average Bonchev–Trinajstić information content (AvgIpc) is 2.29. The van der Waals surface area contributed by atoms with Gasteiger partial charge in [0.25, 0.3) is 0 Å². The molecule has 0 amide bonds. The lowest BCUT2D eigenvalue weighted by Crippen LogP contribution is -2.28. The van der Waals surface area contributed by atoms with Crippen molar-refractivity contribution in [3.8, 4) is 0 Å². The summed E-state index contributed by atoms with van der Waals surface area (Å²) in [6.45, 7) is 8.61. The molecule has 0 aromatic carbocycles. The van der Waals surface area contributed by atoms with E-state index in [-0.39, 0.29) is 6.15 Å². The van der Waals surface area contributed by atoms with Gasteiger partial charge in [0.2, 0.25) is 0 Å². The maximum atomic E-state index is 5.53. The van der Waals surface area contributed by atoms with Crippen LogP contribution in [0.3, 0.4) is 0 Å². The van der Waals surface area contributed by atoms with Crippen molar-refractivity contribution in [2.45, 2.75) is 59.3 Å². The summed E-state index contributed by atoms with van der Waals surface area (Å²) in [4.78, 5) is 0. The van der Waals surface area contributed by atoms with Gasteiger partial charge in [0.1, 0.15) is 0 Å². The summed E-state index contributed by atoms with van der Waals surface area (Å²) in [5, 5.41) is 0. The van der Waals surface area contributed by atoms with E-state index in [1.807, 2.05) is 0 Å². The van der Waals surface area contributed by atoms with Crippen LogP contribution in [0.1, 0.15) is 59.3 Å². The van der Waals surface area contributed by atoms with Crippen LogP contribution >= 0.6 is 0 Å². The Morgan fingerprint density at radius 1 is 0.647 bits per heavy atom. The minimum Gasteiger partial charge on any atom is -0.386 e. The van der Waals surface area contributed by atoms with Crippen molar-refractivity contribution in [2.75, 3.05) is 19.8 Å². The maximum Gasteiger partial charge on any atom is 0.639 e. The molecule has 4 nitrogen and oxygen atoms in total. The predicted molar refractivity (Wildman–Crippen MR) is 73.4 cm³/mol. The molecule has 0 saturated carbocycles. The molecule has 0 aromatic rings. The summed E-state index contributed by atoms with van der Waals surface area (Å²) in [5.74, 6) is 0. The van der Waals surface area contributed by atoms with E-state index in [4.69, 9.17) is 14.0 Å². The Labute approximate surface area is 107 Å². The highest BCUT2D eigenvalue weighted by Gasteiger charge is 2.20. The third kappa shape index (κ3) is 13.8. The Morgan fingerprint density at radius 2 is 0.941 bits per heavy atom. The molecule has 17 heavy (non-hydrogen) atoms. The average molecular weight is 247 g/mol. The van der Waals surface area contributed by atoms with Crippen LogP contribution in [0.2, 0.25) is 0 Å². The molecule has 0 spiro atoms. The van der Waals surface area contributed by atoms with Crippen LogP contribution in [-0.2, 0) is 14.0 Å². The van der Waals surface area contributed by atoms with Gasteiger partial charge >= 0.3 is 7.32 Å². The van der Waals surface area contributed by atoms with Gasteiger partial charge in [-0.1, -0.05) is 40.0 Å². The number of rotatable bonds is 12. The zero-order valence-electron chi connectivity index (χ0n) is 11.9. The second kappa shape index (κ2) is 15.9. The largest absolute Gasteiger partial charge is 0.639 e. The van der Waals surface area contributed by atoms with Crippen LogP contribution in [0.25, 0.3) is 0 Å². The number of hydrogen-bond donors (Lipinski definition) is 1. The van der Waals surface area contributed by atoms with Crippen molar-refractivity contribution in [3.63, 3.8) is 0 Å². The first-order chi connectivity index (χ1) is 7.85. The zero-order chi connectivity index (χ0) is 12.1. The van der Waals surface area contributed by atoms with Crippen LogP contribution in [0.5, 0.6) is 0 Å². The van der Waals surface area contributed by atoms with Crippen molar-refractivity contribution >= 4 is 7.32 Å². The number of unbranched alkanes of at least 4 members (excludes halogenated alkanes) is 3. The van der Waals surface area contributed by atoms with Crippen LogP contribution in [0, 0.1) is 0 Å². The molecule has 0 bridgehead atoms. The quantitative estimate of drug-likeness (QED) is 0.423. The molecule has 0 aliphatic rings. The lowest BCUT2D eigenvalue weighted by atomic mass is 10.2. The summed E-state index contributed by atoms with van der Waals surface area (Å²) >= 11 is 0. The molecule has 3 N–H and O–H groups in total. The highest BCUT2D eigenvalue weighted by molar-refractivity contribution is 6.36. The molecular weight excluding hydrogens is 217 g/mol. The molecule has 104 valence electrons. The van der Waals surface area contributed by atoms with Gasteiger partial charge in [-0.2, -0.15) is 0 Å². The van der Waals surface area contributed by atoms with Gasteiger partial charge < -0.3 is 20.1 Å². The van der Waals surface area contributed by atoms with Crippen LogP contribution in [0.4, 0.5) is 0 Å². The van der Waals surface area contributed by atoms with Crippen molar-refractivity contribution in [2.24, 2.45) is 0 Å². The molecule has 0 aliphatic carbocycles. The maximum absolute atomic E-state index is 5.53. The van der Waals surface area contributed by atoms with E-state index >= 15 is 0 Å². The Balaban J connectivity index is 0. The minimum atomic E-state index is -0.454. The second-order valence-corrected chi connectivity index (χ2v) is 3.96. The fraction of sp³-hybridized carbons (Fsp3) is 1.00. The normalized spacial score (nSPS) is 10.1. The lowest BCUT2D eigenvalue weighted by molar-refractivity contribution is 0.0899. The number of hydrogen-bond acceptors (Lipinski definition) is 4. The third-order valence-electron chi connectivity index (χ3n) is 2.26. The molecule has 5 heteroatoms. The fourth-order valence-electron chi connectivity index (χ4n) is 1.12. The summed E-state index contributed by atoms with van der Waals surface area (Å²) < 4.78 is 16.6. The molecule has 0 saturated heterocycles. The van der Waals surface area contributed by atoms with Crippen molar-refractivity contribution in [1.82, 2.24) is 6.15 Å². The molecule has 0 atom stereocenters. The molecule has 0 aliphatic heterocycles. The molecule has 0 aromatic heterocycles. The fourth-order valence-corrected chi connectivity index (χ4v) is 1.12. The van der Waals surface area contributed by atoms with Gasteiger partial charge in [-0.15, -0.1) is 0 Å². The van der Waals surface area contributed by atoms with Gasteiger partial charge in [0.05, 0.1) is 0 Å². The summed E-state index contributed by atoms with van der Waals surface area (Å²) in [6, 6.07) is 0. The molecular formula is C12H30BNO3. The van der Waals surface area contributed by atoms with Crippen molar-refractivity contribution in [1.29, 1.82) is 0 Å². The first-order valence-electron chi connectivity index (χ1n) is 6.69. The molecule has 0 rings (SSSR count). The lowest BCUT2D eigenvalue weighted by Gasteiger charge is -2.14. The predicted octanol–water partition coefficient (Wildman–Crippen LogP) is 3.58. The van der Waals surface area contributed by atoms with E-state index in [9.17, 15) is 0 Å². The summed E-state index contributed by atoms with van der Waals surface area (Å²) in [6.07, 6.45) is 6.59. The summed E-state index contributed by atoms with van der Waals surface area (Å²) in [5.41, 5.74) is 0. The Kier molecular flexibility index (Phi) is 18.0. The van der Waals surface area contributed by atoms with Crippen LogP contribution in [0.15, 0.2) is 0 Å². The first-order valence-corrected chi connectivity index (χ1v) is 6.69. The summed E-state index contributed by atoms with van der Waals surface area (Å²) in [7, 11) is -0.454. The van der Waals surface area contributed by atoms with E-state index in [2.05, 4.69) is 20.8 Å². The third-order valence-corrected chi connectivity index (χ3v) is 2.26. The monoisotopic (exact) mass is 247 g/mol. The van der Waals surface area contributed by atoms with E-state index in [1.165, 1.54) is 0 Å². The molecule has 0 unspecified atom stereocenters. The van der Waals surface area contributed by atoms with Gasteiger partial charge in [-0.05, 0) is 19.3 Å². The molecule has 0 fully saturated rings. The topological polar surface area (TPSA) is 62.7 Å². The van der Waals surface area contributed by atoms with Gasteiger partial charge in [-0.25, -0.2) is 0 Å².